The van der Waals surface area contributed by atoms with E-state index in [1.165, 1.54) is 5.56 Å². The van der Waals surface area contributed by atoms with E-state index in [-0.39, 0.29) is 17.9 Å². The number of piperidine rings is 1. The topological polar surface area (TPSA) is 52.7 Å². The predicted molar refractivity (Wildman–Crippen MR) is 93.2 cm³/mol. The van der Waals surface area contributed by atoms with E-state index in [0.717, 1.165) is 39.0 Å². The van der Waals surface area contributed by atoms with Crippen LogP contribution in [0.5, 0.6) is 0 Å². The molecule has 1 atom stereocenters. The van der Waals surface area contributed by atoms with Gasteiger partial charge in [-0.3, -0.25) is 9.59 Å². The van der Waals surface area contributed by atoms with Gasteiger partial charge in [0.2, 0.25) is 11.8 Å². The molecule has 0 aromatic heterocycles. The Morgan fingerprint density at radius 2 is 1.92 bits per heavy atom. The molecule has 0 aliphatic carbocycles. The molecule has 2 amide bonds. The summed E-state index contributed by atoms with van der Waals surface area (Å²) < 4.78 is 0. The fourth-order valence-electron chi connectivity index (χ4n) is 3.76. The first-order valence-corrected chi connectivity index (χ1v) is 8.92. The Balaban J connectivity index is 1.42. The summed E-state index contributed by atoms with van der Waals surface area (Å²) in [5.74, 6) is 0.753. The van der Waals surface area contributed by atoms with Crippen LogP contribution in [0, 0.1) is 5.92 Å². The maximum Gasteiger partial charge on any atom is 0.245 e. The highest BCUT2D eigenvalue weighted by Gasteiger charge is 2.32. The number of carbonyl (C=O) groups excluding carboxylic acids is 2. The number of benzene rings is 1. The Hall–Kier alpha value is -1.88. The number of hydrogen-bond donors (Lipinski definition) is 1. The van der Waals surface area contributed by atoms with E-state index in [4.69, 9.17) is 0 Å². The highest BCUT2D eigenvalue weighted by atomic mass is 16.2. The Labute approximate surface area is 144 Å². The standard InChI is InChI=1S/C19H27N3O2/c1-21(13-15-5-3-2-4-6-15)14-16-9-11-22(12-10-16)19(24)17-7-8-18(23)20-17/h2-6,16-17H,7-14H2,1H3,(H,20,23)/t17-/m1/s1. The molecule has 2 aliphatic rings. The summed E-state index contributed by atoms with van der Waals surface area (Å²) in [6.45, 7) is 3.66. The van der Waals surface area contributed by atoms with Crippen molar-refractivity contribution in [2.75, 3.05) is 26.7 Å². The van der Waals surface area contributed by atoms with Crippen molar-refractivity contribution in [2.45, 2.75) is 38.3 Å². The van der Waals surface area contributed by atoms with E-state index in [9.17, 15) is 9.59 Å². The second kappa shape index (κ2) is 7.79. The van der Waals surface area contributed by atoms with Crippen molar-refractivity contribution in [1.82, 2.24) is 15.1 Å². The summed E-state index contributed by atoms with van der Waals surface area (Å²) >= 11 is 0. The molecule has 3 rings (SSSR count). The number of nitrogens with one attached hydrogen (secondary N) is 1. The summed E-state index contributed by atoms with van der Waals surface area (Å²) in [7, 11) is 2.17. The van der Waals surface area contributed by atoms with E-state index < -0.39 is 0 Å². The van der Waals surface area contributed by atoms with Gasteiger partial charge in [-0.15, -0.1) is 0 Å². The van der Waals surface area contributed by atoms with Crippen LogP contribution in [0.1, 0.15) is 31.2 Å². The van der Waals surface area contributed by atoms with E-state index >= 15 is 0 Å². The predicted octanol–water partition coefficient (Wildman–Crippen LogP) is 1.64. The van der Waals surface area contributed by atoms with Crippen molar-refractivity contribution in [1.29, 1.82) is 0 Å². The lowest BCUT2D eigenvalue weighted by atomic mass is 9.95. The number of amides is 2. The molecule has 2 heterocycles. The molecule has 5 nitrogen and oxygen atoms in total. The molecule has 2 aliphatic heterocycles. The van der Waals surface area contributed by atoms with E-state index in [2.05, 4.69) is 41.5 Å². The van der Waals surface area contributed by atoms with Crippen LogP contribution in [0.25, 0.3) is 0 Å². The molecule has 0 spiro atoms. The van der Waals surface area contributed by atoms with Crippen molar-refractivity contribution < 1.29 is 9.59 Å². The number of carbonyl (C=O) groups is 2. The first kappa shape index (κ1) is 17.0. The fourth-order valence-corrected chi connectivity index (χ4v) is 3.76. The van der Waals surface area contributed by atoms with Crippen LogP contribution in [0.4, 0.5) is 0 Å². The Morgan fingerprint density at radius 3 is 2.54 bits per heavy atom. The van der Waals surface area contributed by atoms with Gasteiger partial charge in [0.1, 0.15) is 6.04 Å². The molecule has 0 radical (unpaired) electrons. The van der Waals surface area contributed by atoms with Crippen LogP contribution < -0.4 is 5.32 Å². The first-order valence-electron chi connectivity index (χ1n) is 8.92. The van der Waals surface area contributed by atoms with Gasteiger partial charge in [-0.1, -0.05) is 30.3 Å². The molecule has 0 unspecified atom stereocenters. The minimum absolute atomic E-state index is 0.00535. The zero-order valence-electron chi connectivity index (χ0n) is 14.4. The van der Waals surface area contributed by atoms with Crippen LogP contribution in [-0.2, 0) is 16.1 Å². The second-order valence-corrected chi connectivity index (χ2v) is 7.11. The Morgan fingerprint density at radius 1 is 1.21 bits per heavy atom. The average molecular weight is 329 g/mol. The lowest BCUT2D eigenvalue weighted by Gasteiger charge is -2.35. The summed E-state index contributed by atoms with van der Waals surface area (Å²) in [6, 6.07) is 10.2. The number of hydrogen-bond acceptors (Lipinski definition) is 3. The zero-order valence-corrected chi connectivity index (χ0v) is 14.4. The van der Waals surface area contributed by atoms with Gasteiger partial charge in [-0.05, 0) is 37.8 Å². The molecule has 0 saturated carbocycles. The maximum atomic E-state index is 12.4. The molecule has 2 fully saturated rings. The maximum absolute atomic E-state index is 12.4. The number of likely N-dealkylation sites (tertiary alicyclic amines) is 1. The molecule has 1 N–H and O–H groups in total. The molecular formula is C19H27N3O2. The minimum atomic E-state index is -0.283. The van der Waals surface area contributed by atoms with Crippen LogP contribution >= 0.6 is 0 Å². The van der Waals surface area contributed by atoms with Gasteiger partial charge in [-0.2, -0.15) is 0 Å². The molecule has 1 aromatic rings. The fraction of sp³-hybridized carbons (Fsp3) is 0.579. The molecule has 5 heteroatoms. The SMILES string of the molecule is CN(Cc1ccccc1)CC1CCN(C(=O)[C@H]2CCC(=O)N2)CC1. The van der Waals surface area contributed by atoms with Crippen LogP contribution in [0.2, 0.25) is 0 Å². The summed E-state index contributed by atoms with van der Waals surface area (Å²) in [6.07, 6.45) is 3.23. The summed E-state index contributed by atoms with van der Waals surface area (Å²) in [4.78, 5) is 28.0. The normalized spacial score (nSPS) is 22.0. The van der Waals surface area contributed by atoms with E-state index in [0.29, 0.717) is 18.8 Å². The van der Waals surface area contributed by atoms with Crippen molar-refractivity contribution in [2.24, 2.45) is 5.92 Å². The average Bonchev–Trinajstić information content (AvgIpc) is 3.02. The lowest BCUT2D eigenvalue weighted by molar-refractivity contribution is -0.135. The van der Waals surface area contributed by atoms with Crippen LogP contribution in [-0.4, -0.2) is 54.3 Å². The van der Waals surface area contributed by atoms with Gasteiger partial charge in [0.05, 0.1) is 0 Å². The molecular weight excluding hydrogens is 302 g/mol. The van der Waals surface area contributed by atoms with Gasteiger partial charge in [0.15, 0.2) is 0 Å². The quantitative estimate of drug-likeness (QED) is 0.893. The van der Waals surface area contributed by atoms with Gasteiger partial charge in [0, 0.05) is 32.6 Å². The molecule has 24 heavy (non-hydrogen) atoms. The van der Waals surface area contributed by atoms with Gasteiger partial charge >= 0.3 is 0 Å². The third kappa shape index (κ3) is 4.35. The zero-order chi connectivity index (χ0) is 16.9. The second-order valence-electron chi connectivity index (χ2n) is 7.11. The monoisotopic (exact) mass is 329 g/mol. The minimum Gasteiger partial charge on any atom is -0.344 e. The van der Waals surface area contributed by atoms with Crippen molar-refractivity contribution in [3.05, 3.63) is 35.9 Å². The van der Waals surface area contributed by atoms with Gasteiger partial charge in [-0.25, -0.2) is 0 Å². The molecule has 0 bridgehead atoms. The third-order valence-electron chi connectivity index (χ3n) is 5.08. The smallest absolute Gasteiger partial charge is 0.245 e. The van der Waals surface area contributed by atoms with E-state index in [1.807, 2.05) is 11.0 Å². The van der Waals surface area contributed by atoms with Gasteiger partial charge < -0.3 is 15.1 Å². The first-order chi connectivity index (χ1) is 11.6. The van der Waals surface area contributed by atoms with Gasteiger partial charge in [0.25, 0.3) is 0 Å². The van der Waals surface area contributed by atoms with Crippen LogP contribution in [0.3, 0.4) is 0 Å². The Bertz CT molecular complexity index is 567. The summed E-state index contributed by atoms with van der Waals surface area (Å²) in [5, 5.41) is 2.78. The van der Waals surface area contributed by atoms with Crippen LogP contribution in [0.15, 0.2) is 30.3 Å². The highest BCUT2D eigenvalue weighted by molar-refractivity contribution is 5.90. The van der Waals surface area contributed by atoms with Crippen molar-refractivity contribution in [3.8, 4) is 0 Å². The molecule has 1 aromatic carbocycles. The molecule has 130 valence electrons. The summed E-state index contributed by atoms with van der Waals surface area (Å²) in [5.41, 5.74) is 1.34. The lowest BCUT2D eigenvalue weighted by Crippen LogP contribution is -2.48. The van der Waals surface area contributed by atoms with Crippen molar-refractivity contribution in [3.63, 3.8) is 0 Å². The van der Waals surface area contributed by atoms with Crippen molar-refractivity contribution >= 4 is 11.8 Å². The largest absolute Gasteiger partial charge is 0.344 e. The van der Waals surface area contributed by atoms with E-state index in [1.54, 1.807) is 0 Å². The number of rotatable bonds is 5. The Kier molecular flexibility index (Phi) is 5.51. The third-order valence-corrected chi connectivity index (χ3v) is 5.08. The number of nitrogens with zero attached hydrogens (tertiary/aromatic N) is 2. The highest BCUT2D eigenvalue weighted by Crippen LogP contribution is 2.21. The molecule has 2 saturated heterocycles.